The van der Waals surface area contributed by atoms with Crippen LogP contribution in [0.25, 0.3) is 0 Å². The van der Waals surface area contributed by atoms with Gasteiger partial charge in [0.25, 0.3) is 5.91 Å². The van der Waals surface area contributed by atoms with Crippen molar-refractivity contribution in [3.8, 4) is 0 Å². The fraction of sp³-hybridized carbons (Fsp3) is 0.333. The number of hydrogen-bond acceptors (Lipinski definition) is 3. The molecule has 0 saturated heterocycles. The maximum absolute atomic E-state index is 11.8. The first-order valence-electron chi connectivity index (χ1n) is 5.45. The van der Waals surface area contributed by atoms with E-state index in [1.165, 1.54) is 11.0 Å². The van der Waals surface area contributed by atoms with Gasteiger partial charge >= 0.3 is 0 Å². The van der Waals surface area contributed by atoms with Gasteiger partial charge in [-0.25, -0.2) is 0 Å². The van der Waals surface area contributed by atoms with Crippen LogP contribution in [0.2, 0.25) is 5.02 Å². The van der Waals surface area contributed by atoms with Crippen LogP contribution in [0.4, 0.5) is 5.69 Å². The van der Waals surface area contributed by atoms with Crippen LogP contribution in [0.15, 0.2) is 18.2 Å². The van der Waals surface area contributed by atoms with Crippen molar-refractivity contribution in [1.29, 1.82) is 0 Å². The van der Waals surface area contributed by atoms with Crippen LogP contribution in [0.1, 0.15) is 16.8 Å². The maximum atomic E-state index is 11.8. The SMILES string of the molecule is CN(C)C(=O)CCNC(=O)c1cc(N)ccc1Cl. The van der Waals surface area contributed by atoms with Gasteiger partial charge in [-0.3, -0.25) is 9.59 Å². The van der Waals surface area contributed by atoms with Crippen molar-refractivity contribution in [2.45, 2.75) is 6.42 Å². The summed E-state index contributed by atoms with van der Waals surface area (Å²) in [6, 6.07) is 4.69. The second kappa shape index (κ2) is 6.26. The molecule has 0 saturated carbocycles. The van der Waals surface area contributed by atoms with Crippen LogP contribution < -0.4 is 11.1 Å². The molecule has 1 rings (SSSR count). The number of anilines is 1. The predicted octanol–water partition coefficient (Wildman–Crippen LogP) is 1.13. The van der Waals surface area contributed by atoms with E-state index in [4.69, 9.17) is 17.3 Å². The van der Waals surface area contributed by atoms with Gasteiger partial charge in [-0.05, 0) is 18.2 Å². The second-order valence-electron chi connectivity index (χ2n) is 4.03. The van der Waals surface area contributed by atoms with Crippen molar-refractivity contribution in [3.63, 3.8) is 0 Å². The summed E-state index contributed by atoms with van der Waals surface area (Å²) in [5, 5.41) is 2.96. The minimum Gasteiger partial charge on any atom is -0.399 e. The third-order valence-electron chi connectivity index (χ3n) is 2.36. The Hall–Kier alpha value is -1.75. The quantitative estimate of drug-likeness (QED) is 0.805. The summed E-state index contributed by atoms with van der Waals surface area (Å²) in [4.78, 5) is 24.6. The lowest BCUT2D eigenvalue weighted by Crippen LogP contribution is -2.30. The number of nitrogen functional groups attached to an aromatic ring is 1. The van der Waals surface area contributed by atoms with Crippen LogP contribution >= 0.6 is 11.6 Å². The molecule has 0 aromatic heterocycles. The largest absolute Gasteiger partial charge is 0.399 e. The number of halogens is 1. The van der Waals surface area contributed by atoms with E-state index < -0.39 is 0 Å². The van der Waals surface area contributed by atoms with Crippen LogP contribution in [-0.2, 0) is 4.79 Å². The minimum atomic E-state index is -0.334. The first kappa shape index (κ1) is 14.3. The molecule has 6 heteroatoms. The molecule has 18 heavy (non-hydrogen) atoms. The summed E-state index contributed by atoms with van der Waals surface area (Å²) in [6.45, 7) is 0.265. The van der Waals surface area contributed by atoms with Crippen molar-refractivity contribution >= 4 is 29.1 Å². The number of hydrogen-bond donors (Lipinski definition) is 2. The molecule has 3 N–H and O–H groups in total. The van der Waals surface area contributed by atoms with Gasteiger partial charge in [0, 0.05) is 32.7 Å². The lowest BCUT2D eigenvalue weighted by molar-refractivity contribution is -0.128. The maximum Gasteiger partial charge on any atom is 0.252 e. The molecule has 1 aromatic carbocycles. The summed E-state index contributed by atoms with van der Waals surface area (Å²) >= 11 is 5.89. The third-order valence-corrected chi connectivity index (χ3v) is 2.69. The fourth-order valence-electron chi connectivity index (χ4n) is 1.32. The van der Waals surface area contributed by atoms with Gasteiger partial charge in [-0.15, -0.1) is 0 Å². The molecule has 0 heterocycles. The van der Waals surface area contributed by atoms with Gasteiger partial charge in [0.2, 0.25) is 5.91 Å². The molecule has 0 fully saturated rings. The third kappa shape index (κ3) is 3.92. The van der Waals surface area contributed by atoms with E-state index in [-0.39, 0.29) is 24.8 Å². The summed E-state index contributed by atoms with van der Waals surface area (Å²) in [7, 11) is 3.33. The van der Waals surface area contributed by atoms with E-state index in [1.54, 1.807) is 26.2 Å². The molecular formula is C12H16ClN3O2. The van der Waals surface area contributed by atoms with Crippen LogP contribution in [-0.4, -0.2) is 37.4 Å². The Balaban J connectivity index is 2.56. The van der Waals surface area contributed by atoms with Gasteiger partial charge in [0.15, 0.2) is 0 Å². The number of nitrogens with zero attached hydrogens (tertiary/aromatic N) is 1. The zero-order chi connectivity index (χ0) is 13.7. The number of benzene rings is 1. The highest BCUT2D eigenvalue weighted by Crippen LogP contribution is 2.18. The average Bonchev–Trinajstić information content (AvgIpc) is 2.31. The van der Waals surface area contributed by atoms with E-state index in [2.05, 4.69) is 5.32 Å². The zero-order valence-electron chi connectivity index (χ0n) is 10.4. The number of carbonyl (C=O) groups excluding carboxylic acids is 2. The van der Waals surface area contributed by atoms with Crippen LogP contribution in [0.5, 0.6) is 0 Å². The number of rotatable bonds is 4. The van der Waals surface area contributed by atoms with E-state index in [9.17, 15) is 9.59 Å². The summed E-state index contributed by atoms with van der Waals surface area (Å²) < 4.78 is 0. The first-order chi connectivity index (χ1) is 8.41. The highest BCUT2D eigenvalue weighted by Gasteiger charge is 2.11. The van der Waals surface area contributed by atoms with Crippen molar-refractivity contribution in [1.82, 2.24) is 10.2 Å². The Morgan fingerprint density at radius 2 is 2.06 bits per heavy atom. The molecule has 98 valence electrons. The first-order valence-corrected chi connectivity index (χ1v) is 5.83. The molecule has 0 aliphatic rings. The zero-order valence-corrected chi connectivity index (χ0v) is 11.1. The predicted molar refractivity (Wildman–Crippen MR) is 71.5 cm³/mol. The highest BCUT2D eigenvalue weighted by molar-refractivity contribution is 6.34. The Bertz CT molecular complexity index is 461. The molecule has 5 nitrogen and oxygen atoms in total. The van der Waals surface area contributed by atoms with Gasteiger partial charge in [0.05, 0.1) is 10.6 Å². The number of nitrogens with one attached hydrogen (secondary N) is 1. The standard InChI is InChI=1S/C12H16ClN3O2/c1-16(2)11(17)5-6-15-12(18)9-7-8(14)3-4-10(9)13/h3-4,7H,5-6,14H2,1-2H3,(H,15,18). The van der Waals surface area contributed by atoms with Crippen molar-refractivity contribution in [2.24, 2.45) is 0 Å². The molecular weight excluding hydrogens is 254 g/mol. The summed E-state index contributed by atoms with van der Waals surface area (Å²) in [6.07, 6.45) is 0.249. The Labute approximate surface area is 111 Å². The topological polar surface area (TPSA) is 75.4 Å². The fourth-order valence-corrected chi connectivity index (χ4v) is 1.52. The Morgan fingerprint density at radius 3 is 2.67 bits per heavy atom. The van der Waals surface area contributed by atoms with Crippen molar-refractivity contribution in [2.75, 3.05) is 26.4 Å². The summed E-state index contributed by atoms with van der Waals surface area (Å²) in [5.74, 6) is -0.382. The van der Waals surface area contributed by atoms with Crippen molar-refractivity contribution < 1.29 is 9.59 Å². The molecule has 1 aromatic rings. The smallest absolute Gasteiger partial charge is 0.252 e. The van der Waals surface area contributed by atoms with Gasteiger partial charge in [0.1, 0.15) is 0 Å². The van der Waals surface area contributed by atoms with Gasteiger partial charge in [-0.1, -0.05) is 11.6 Å². The van der Waals surface area contributed by atoms with Gasteiger partial charge < -0.3 is 16.0 Å². The molecule has 0 aliphatic carbocycles. The normalized spacial score (nSPS) is 9.94. The molecule has 0 aliphatic heterocycles. The van der Waals surface area contributed by atoms with E-state index in [1.807, 2.05) is 0 Å². The highest BCUT2D eigenvalue weighted by atomic mass is 35.5. The molecule has 0 unspecified atom stereocenters. The van der Waals surface area contributed by atoms with E-state index in [0.29, 0.717) is 16.3 Å². The van der Waals surface area contributed by atoms with Crippen LogP contribution in [0, 0.1) is 0 Å². The Morgan fingerprint density at radius 1 is 1.39 bits per heavy atom. The van der Waals surface area contributed by atoms with Crippen LogP contribution in [0.3, 0.4) is 0 Å². The van der Waals surface area contributed by atoms with E-state index >= 15 is 0 Å². The number of amides is 2. The number of nitrogens with two attached hydrogens (primary N) is 1. The molecule has 2 amide bonds. The van der Waals surface area contributed by atoms with E-state index in [0.717, 1.165) is 0 Å². The monoisotopic (exact) mass is 269 g/mol. The van der Waals surface area contributed by atoms with Gasteiger partial charge in [-0.2, -0.15) is 0 Å². The average molecular weight is 270 g/mol. The lowest BCUT2D eigenvalue weighted by atomic mass is 10.2. The number of carbonyl (C=O) groups is 2. The molecule has 0 spiro atoms. The molecule has 0 atom stereocenters. The minimum absolute atomic E-state index is 0.0472. The molecule has 0 bridgehead atoms. The lowest BCUT2D eigenvalue weighted by Gasteiger charge is -2.11. The Kier molecular flexibility index (Phi) is 4.97. The second-order valence-corrected chi connectivity index (χ2v) is 4.44. The summed E-state index contributed by atoms with van der Waals surface area (Å²) in [5.41, 5.74) is 6.36. The molecule has 0 radical (unpaired) electrons. The van der Waals surface area contributed by atoms with Crippen molar-refractivity contribution in [3.05, 3.63) is 28.8 Å².